The van der Waals surface area contributed by atoms with E-state index in [0.29, 0.717) is 18.8 Å². The highest BCUT2D eigenvalue weighted by Crippen LogP contribution is 2.27. The van der Waals surface area contributed by atoms with Gasteiger partial charge in [0.2, 0.25) is 5.91 Å². The van der Waals surface area contributed by atoms with Gasteiger partial charge in [0.25, 0.3) is 0 Å². The molecule has 0 aliphatic heterocycles. The quantitative estimate of drug-likeness (QED) is 0.718. The van der Waals surface area contributed by atoms with Gasteiger partial charge in [-0.15, -0.1) is 0 Å². The van der Waals surface area contributed by atoms with Gasteiger partial charge in [-0.25, -0.2) is 9.67 Å². The van der Waals surface area contributed by atoms with Crippen LogP contribution in [0.5, 0.6) is 0 Å². The van der Waals surface area contributed by atoms with Crippen LogP contribution in [-0.4, -0.2) is 31.7 Å². The number of benzene rings is 1. The molecule has 0 spiro atoms. The van der Waals surface area contributed by atoms with Crippen LogP contribution < -0.4 is 5.32 Å². The number of carboxylic acid groups (broad SMARTS) is 1. The van der Waals surface area contributed by atoms with Crippen molar-refractivity contribution in [2.24, 2.45) is 0 Å². The first kappa shape index (κ1) is 16.9. The second-order valence-electron chi connectivity index (χ2n) is 5.97. The average Bonchev–Trinajstić information content (AvgIpc) is 2.90. The summed E-state index contributed by atoms with van der Waals surface area (Å²) in [6.45, 7) is 4.61. The van der Waals surface area contributed by atoms with Crippen molar-refractivity contribution in [3.63, 3.8) is 0 Å². The highest BCUT2D eigenvalue weighted by atomic mass is 16.4. The van der Waals surface area contributed by atoms with Gasteiger partial charge in [-0.2, -0.15) is 5.10 Å². The molecule has 2 N–H and O–H groups in total. The summed E-state index contributed by atoms with van der Waals surface area (Å²) in [4.78, 5) is 27.4. The first-order chi connectivity index (χ1) is 12.0. The molecule has 0 saturated carbocycles. The molecule has 3 aromatic rings. The van der Waals surface area contributed by atoms with Gasteiger partial charge in [0.05, 0.1) is 10.9 Å². The van der Waals surface area contributed by atoms with E-state index in [1.54, 1.807) is 4.68 Å². The Kier molecular flexibility index (Phi) is 4.65. The first-order valence-corrected chi connectivity index (χ1v) is 8.28. The Hall–Kier alpha value is -2.96. The third kappa shape index (κ3) is 3.45. The van der Waals surface area contributed by atoms with Crippen molar-refractivity contribution in [3.05, 3.63) is 29.8 Å². The number of fused-ring (bicyclic) bond motifs is 2. The predicted molar refractivity (Wildman–Crippen MR) is 95.6 cm³/mol. The number of aliphatic carboxylic acids is 1. The fourth-order valence-electron chi connectivity index (χ4n) is 2.84. The van der Waals surface area contributed by atoms with Crippen LogP contribution in [0.3, 0.4) is 0 Å². The van der Waals surface area contributed by atoms with Gasteiger partial charge in [-0.3, -0.25) is 9.59 Å². The Balaban J connectivity index is 1.95. The predicted octanol–water partition coefficient (Wildman–Crippen LogP) is 3.11. The fourth-order valence-corrected chi connectivity index (χ4v) is 2.84. The Bertz CT molecular complexity index is 962. The lowest BCUT2D eigenvalue weighted by Crippen LogP contribution is -2.12. The number of para-hydroxylation sites is 1. The van der Waals surface area contributed by atoms with Crippen molar-refractivity contribution in [1.29, 1.82) is 0 Å². The van der Waals surface area contributed by atoms with E-state index in [0.717, 1.165) is 27.5 Å². The number of aryl methyl sites for hydroxylation is 2. The number of nitrogens with zero attached hydrogens (tertiary/aromatic N) is 3. The normalized spacial score (nSPS) is 11.1. The number of nitrogens with one attached hydrogen (secondary N) is 1. The summed E-state index contributed by atoms with van der Waals surface area (Å²) >= 11 is 0. The number of carboxylic acids is 1. The minimum absolute atomic E-state index is 0.0248. The number of carbonyl (C=O) groups is 2. The van der Waals surface area contributed by atoms with E-state index in [2.05, 4.69) is 10.4 Å². The zero-order chi connectivity index (χ0) is 18.0. The van der Waals surface area contributed by atoms with Crippen molar-refractivity contribution in [3.8, 4) is 0 Å². The maximum absolute atomic E-state index is 12.1. The van der Waals surface area contributed by atoms with Crippen molar-refractivity contribution < 1.29 is 14.7 Å². The van der Waals surface area contributed by atoms with Crippen LogP contribution in [0.4, 0.5) is 5.82 Å². The number of rotatable bonds is 6. The highest BCUT2D eigenvalue weighted by Gasteiger charge is 2.15. The zero-order valence-corrected chi connectivity index (χ0v) is 14.2. The molecule has 0 saturated heterocycles. The van der Waals surface area contributed by atoms with E-state index in [9.17, 15) is 9.59 Å². The second-order valence-corrected chi connectivity index (χ2v) is 5.97. The van der Waals surface area contributed by atoms with E-state index < -0.39 is 5.97 Å². The average molecular weight is 340 g/mol. The van der Waals surface area contributed by atoms with Crippen LogP contribution in [0.25, 0.3) is 21.9 Å². The molecule has 1 aromatic carbocycles. The molecule has 25 heavy (non-hydrogen) atoms. The van der Waals surface area contributed by atoms with Crippen molar-refractivity contribution in [1.82, 2.24) is 14.8 Å². The number of hydrogen-bond acceptors (Lipinski definition) is 4. The number of aromatic nitrogens is 3. The summed E-state index contributed by atoms with van der Waals surface area (Å²) in [5, 5.41) is 17.7. The Morgan fingerprint density at radius 1 is 1.28 bits per heavy atom. The summed E-state index contributed by atoms with van der Waals surface area (Å²) in [7, 11) is 0. The van der Waals surface area contributed by atoms with Gasteiger partial charge < -0.3 is 10.4 Å². The second kappa shape index (κ2) is 6.88. The van der Waals surface area contributed by atoms with Crippen LogP contribution in [0.1, 0.15) is 31.7 Å². The van der Waals surface area contributed by atoms with E-state index in [1.807, 2.05) is 38.1 Å². The molecule has 0 aliphatic carbocycles. The monoisotopic (exact) mass is 340 g/mol. The molecule has 0 atom stereocenters. The molecule has 2 aromatic heterocycles. The third-order valence-electron chi connectivity index (χ3n) is 4.10. The number of anilines is 1. The molecule has 1 amide bonds. The van der Waals surface area contributed by atoms with Crippen LogP contribution in [0.15, 0.2) is 24.3 Å². The van der Waals surface area contributed by atoms with Gasteiger partial charge in [-0.1, -0.05) is 18.2 Å². The SMILES string of the molecule is CCn1nc(NC(=O)CCCC(=O)O)c2cc3cccc(C)c3nc21. The van der Waals surface area contributed by atoms with E-state index in [-0.39, 0.29) is 18.7 Å². The minimum Gasteiger partial charge on any atom is -0.481 e. The molecule has 2 heterocycles. The smallest absolute Gasteiger partial charge is 0.303 e. The summed E-state index contributed by atoms with van der Waals surface area (Å²) in [5.74, 6) is -0.680. The maximum atomic E-state index is 12.1. The van der Waals surface area contributed by atoms with Gasteiger partial charge in [0, 0.05) is 24.8 Å². The van der Waals surface area contributed by atoms with E-state index >= 15 is 0 Å². The van der Waals surface area contributed by atoms with Crippen LogP contribution in [0, 0.1) is 6.92 Å². The lowest BCUT2D eigenvalue weighted by molar-refractivity contribution is -0.137. The number of hydrogen-bond donors (Lipinski definition) is 2. The lowest BCUT2D eigenvalue weighted by atomic mass is 10.1. The van der Waals surface area contributed by atoms with Crippen LogP contribution in [0.2, 0.25) is 0 Å². The molecular weight excluding hydrogens is 320 g/mol. The number of pyridine rings is 1. The molecule has 7 heteroatoms. The summed E-state index contributed by atoms with van der Waals surface area (Å²) < 4.78 is 1.76. The van der Waals surface area contributed by atoms with Gasteiger partial charge in [0.15, 0.2) is 11.5 Å². The van der Waals surface area contributed by atoms with Crippen LogP contribution >= 0.6 is 0 Å². The molecule has 3 rings (SSSR count). The topological polar surface area (TPSA) is 97.1 Å². The molecule has 0 bridgehead atoms. The minimum atomic E-state index is -0.903. The first-order valence-electron chi connectivity index (χ1n) is 8.28. The molecule has 0 aliphatic rings. The summed E-state index contributed by atoms with van der Waals surface area (Å²) in [6, 6.07) is 7.95. The zero-order valence-electron chi connectivity index (χ0n) is 14.2. The van der Waals surface area contributed by atoms with E-state index in [1.165, 1.54) is 0 Å². The Labute approximate surface area is 144 Å². The molecule has 130 valence electrons. The van der Waals surface area contributed by atoms with Crippen molar-refractivity contribution in [2.45, 2.75) is 39.7 Å². The molecule has 0 fully saturated rings. The molecule has 7 nitrogen and oxygen atoms in total. The highest BCUT2D eigenvalue weighted by molar-refractivity contribution is 6.03. The molecule has 0 radical (unpaired) electrons. The number of carbonyl (C=O) groups excluding carboxylic acids is 1. The van der Waals surface area contributed by atoms with Crippen LogP contribution in [-0.2, 0) is 16.1 Å². The van der Waals surface area contributed by atoms with Crippen molar-refractivity contribution >= 4 is 39.6 Å². The molecule has 0 unspecified atom stereocenters. The lowest BCUT2D eigenvalue weighted by Gasteiger charge is -2.04. The fraction of sp³-hybridized carbons (Fsp3) is 0.333. The molecular formula is C18H20N4O3. The Morgan fingerprint density at radius 2 is 2.08 bits per heavy atom. The van der Waals surface area contributed by atoms with E-state index in [4.69, 9.17) is 10.1 Å². The standard InChI is InChI=1S/C18H20N4O3/c1-3-22-18-13(10-12-7-4-6-11(2)16(12)20-18)17(21-22)19-14(23)8-5-9-15(24)25/h4,6-7,10H,3,5,8-9H2,1-2H3,(H,24,25)(H,19,21,23). The van der Waals surface area contributed by atoms with Gasteiger partial charge in [-0.05, 0) is 31.9 Å². The maximum Gasteiger partial charge on any atom is 0.303 e. The van der Waals surface area contributed by atoms with Crippen molar-refractivity contribution in [2.75, 3.05) is 5.32 Å². The Morgan fingerprint density at radius 3 is 2.80 bits per heavy atom. The number of amides is 1. The third-order valence-corrected chi connectivity index (χ3v) is 4.10. The summed E-state index contributed by atoms with van der Waals surface area (Å²) in [6.07, 6.45) is 0.421. The van der Waals surface area contributed by atoms with Gasteiger partial charge >= 0.3 is 5.97 Å². The van der Waals surface area contributed by atoms with Gasteiger partial charge in [0.1, 0.15) is 0 Å². The summed E-state index contributed by atoms with van der Waals surface area (Å²) in [5.41, 5.74) is 2.73. The largest absolute Gasteiger partial charge is 0.481 e.